The van der Waals surface area contributed by atoms with Gasteiger partial charge in [0.1, 0.15) is 5.56 Å². The van der Waals surface area contributed by atoms with E-state index in [0.717, 1.165) is 0 Å². The molecule has 1 N–H and O–H groups in total. The van der Waals surface area contributed by atoms with Crippen molar-refractivity contribution in [2.75, 3.05) is 11.9 Å². The molecule has 0 aliphatic carbocycles. The molecule has 1 aromatic carbocycles. The largest absolute Gasteiger partial charge is 0.351 e. The molecule has 7 heteroatoms. The minimum atomic E-state index is -0.615. The van der Waals surface area contributed by atoms with E-state index in [-0.39, 0.29) is 21.7 Å². The third kappa shape index (κ3) is 4.18. The van der Waals surface area contributed by atoms with Crippen LogP contribution in [0.2, 0.25) is 5.02 Å². The van der Waals surface area contributed by atoms with E-state index in [4.69, 9.17) is 11.6 Å². The monoisotopic (exact) mass is 348 g/mol. The van der Waals surface area contributed by atoms with Crippen molar-refractivity contribution in [3.63, 3.8) is 0 Å². The van der Waals surface area contributed by atoms with Gasteiger partial charge in [-0.2, -0.15) is 0 Å². The lowest BCUT2D eigenvalue weighted by Crippen LogP contribution is -2.35. The molecule has 0 aromatic heterocycles. The predicted octanol–water partition coefficient (Wildman–Crippen LogP) is 3.40. The average molecular weight is 350 g/mol. The maximum absolute atomic E-state index is 12.0. The minimum Gasteiger partial charge on any atom is -0.351 e. The predicted molar refractivity (Wildman–Crippen MR) is 78.0 cm³/mol. The third-order valence-corrected chi connectivity index (χ3v) is 4.34. The minimum absolute atomic E-state index is 0.0725. The number of nitrogens with zero attached hydrogens (tertiary/aromatic N) is 1. The SMILES string of the molecule is CC(C)(CBr)CNC(=O)c1c(Cl)cccc1[N+](=O)[O-]. The van der Waals surface area contributed by atoms with Crippen LogP contribution in [0.3, 0.4) is 0 Å². The van der Waals surface area contributed by atoms with Gasteiger partial charge >= 0.3 is 0 Å². The zero-order chi connectivity index (χ0) is 14.6. The van der Waals surface area contributed by atoms with Crippen LogP contribution in [0.1, 0.15) is 24.2 Å². The Kier molecular flexibility index (Phi) is 5.31. The number of carbonyl (C=O) groups excluding carboxylic acids is 1. The second-order valence-electron chi connectivity index (χ2n) is 4.87. The highest BCUT2D eigenvalue weighted by molar-refractivity contribution is 9.09. The number of amides is 1. The average Bonchev–Trinajstić information content (AvgIpc) is 2.35. The van der Waals surface area contributed by atoms with Crippen molar-refractivity contribution in [2.45, 2.75) is 13.8 Å². The lowest BCUT2D eigenvalue weighted by molar-refractivity contribution is -0.385. The Bertz CT molecular complexity index is 506. The summed E-state index contributed by atoms with van der Waals surface area (Å²) in [4.78, 5) is 22.3. The van der Waals surface area contributed by atoms with Crippen LogP contribution >= 0.6 is 27.5 Å². The summed E-state index contributed by atoms with van der Waals surface area (Å²) in [5.41, 5.74) is -0.535. The molecule has 0 spiro atoms. The van der Waals surface area contributed by atoms with Crippen molar-refractivity contribution in [1.29, 1.82) is 0 Å². The quantitative estimate of drug-likeness (QED) is 0.503. The van der Waals surface area contributed by atoms with E-state index in [1.165, 1.54) is 18.2 Å². The Balaban J connectivity index is 2.97. The van der Waals surface area contributed by atoms with Gasteiger partial charge in [-0.1, -0.05) is 47.4 Å². The Morgan fingerprint density at radius 2 is 2.16 bits per heavy atom. The number of hydrogen-bond donors (Lipinski definition) is 1. The molecule has 0 aliphatic heterocycles. The van der Waals surface area contributed by atoms with Gasteiger partial charge in [0.15, 0.2) is 0 Å². The van der Waals surface area contributed by atoms with Crippen LogP contribution in [-0.4, -0.2) is 22.7 Å². The molecule has 19 heavy (non-hydrogen) atoms. The molecule has 0 fully saturated rings. The Labute approximate surface area is 124 Å². The number of rotatable bonds is 5. The Morgan fingerprint density at radius 1 is 1.53 bits per heavy atom. The van der Waals surface area contributed by atoms with Crippen LogP contribution < -0.4 is 5.32 Å². The summed E-state index contributed by atoms with van der Waals surface area (Å²) in [6.07, 6.45) is 0. The second-order valence-corrected chi connectivity index (χ2v) is 5.84. The highest BCUT2D eigenvalue weighted by Crippen LogP contribution is 2.26. The van der Waals surface area contributed by atoms with Crippen molar-refractivity contribution in [1.82, 2.24) is 5.32 Å². The van der Waals surface area contributed by atoms with Crippen LogP contribution in [0, 0.1) is 15.5 Å². The molecule has 5 nitrogen and oxygen atoms in total. The number of benzene rings is 1. The first kappa shape index (κ1) is 15.9. The molecular weight excluding hydrogens is 336 g/mol. The fraction of sp³-hybridized carbons (Fsp3) is 0.417. The van der Waals surface area contributed by atoms with Crippen LogP contribution in [-0.2, 0) is 0 Å². The molecule has 0 unspecified atom stereocenters. The summed E-state index contributed by atoms with van der Waals surface area (Å²) in [7, 11) is 0. The van der Waals surface area contributed by atoms with Crippen molar-refractivity contribution in [3.05, 3.63) is 38.9 Å². The maximum atomic E-state index is 12.0. The number of hydrogen-bond acceptors (Lipinski definition) is 3. The molecule has 0 aliphatic rings. The normalized spacial score (nSPS) is 11.2. The van der Waals surface area contributed by atoms with E-state index in [1.807, 2.05) is 13.8 Å². The topological polar surface area (TPSA) is 72.2 Å². The van der Waals surface area contributed by atoms with Crippen molar-refractivity contribution < 1.29 is 9.72 Å². The zero-order valence-electron chi connectivity index (χ0n) is 10.6. The summed E-state index contributed by atoms with van der Waals surface area (Å²) in [5, 5.41) is 14.3. The maximum Gasteiger partial charge on any atom is 0.283 e. The van der Waals surface area contributed by atoms with Gasteiger partial charge in [-0.15, -0.1) is 0 Å². The van der Waals surface area contributed by atoms with Gasteiger partial charge in [0.05, 0.1) is 9.95 Å². The zero-order valence-corrected chi connectivity index (χ0v) is 12.9. The molecular formula is C12H14BrClN2O3. The second kappa shape index (κ2) is 6.34. The fourth-order valence-corrected chi connectivity index (χ4v) is 1.80. The number of halogens is 2. The molecule has 0 atom stereocenters. The molecule has 104 valence electrons. The van der Waals surface area contributed by atoms with Crippen LogP contribution in [0.4, 0.5) is 5.69 Å². The fourth-order valence-electron chi connectivity index (χ4n) is 1.34. The number of carbonyl (C=O) groups is 1. The highest BCUT2D eigenvalue weighted by Gasteiger charge is 2.25. The summed E-state index contributed by atoms with van der Waals surface area (Å²) in [6.45, 7) is 4.31. The molecule has 0 bridgehead atoms. The van der Waals surface area contributed by atoms with Gasteiger partial charge in [0, 0.05) is 17.9 Å². The first-order chi connectivity index (χ1) is 8.78. The standard InChI is InChI=1S/C12H14BrClN2O3/c1-12(2,6-13)7-15-11(17)10-8(14)4-3-5-9(10)16(18)19/h3-5H,6-7H2,1-2H3,(H,15,17). The Morgan fingerprint density at radius 3 is 2.68 bits per heavy atom. The lowest BCUT2D eigenvalue weighted by Gasteiger charge is -2.21. The lowest BCUT2D eigenvalue weighted by atomic mass is 9.96. The summed E-state index contributed by atoms with van der Waals surface area (Å²) < 4.78 is 0. The smallest absolute Gasteiger partial charge is 0.283 e. The first-order valence-corrected chi connectivity index (χ1v) is 7.05. The van der Waals surface area contributed by atoms with Gasteiger partial charge in [0.25, 0.3) is 11.6 Å². The van der Waals surface area contributed by atoms with Crippen molar-refractivity contribution >= 4 is 39.1 Å². The summed E-state index contributed by atoms with van der Waals surface area (Å²) in [5.74, 6) is -0.536. The number of nitrogens with one attached hydrogen (secondary N) is 1. The van der Waals surface area contributed by atoms with Gasteiger partial charge in [-0.05, 0) is 11.5 Å². The number of alkyl halides is 1. The van der Waals surface area contributed by atoms with E-state index in [9.17, 15) is 14.9 Å². The molecule has 0 radical (unpaired) electrons. The van der Waals surface area contributed by atoms with E-state index in [1.54, 1.807) is 0 Å². The van der Waals surface area contributed by atoms with Gasteiger partial charge in [0.2, 0.25) is 0 Å². The van der Waals surface area contributed by atoms with Gasteiger partial charge in [-0.25, -0.2) is 0 Å². The molecule has 0 saturated carbocycles. The van der Waals surface area contributed by atoms with E-state index in [0.29, 0.717) is 11.9 Å². The first-order valence-electron chi connectivity index (χ1n) is 5.55. The molecule has 1 rings (SSSR count). The van der Waals surface area contributed by atoms with E-state index >= 15 is 0 Å². The van der Waals surface area contributed by atoms with E-state index in [2.05, 4.69) is 21.2 Å². The number of nitro groups is 1. The van der Waals surface area contributed by atoms with Crippen LogP contribution in [0.25, 0.3) is 0 Å². The van der Waals surface area contributed by atoms with E-state index < -0.39 is 10.8 Å². The summed E-state index contributed by atoms with van der Waals surface area (Å²) in [6, 6.07) is 4.16. The van der Waals surface area contributed by atoms with Crippen LogP contribution in [0.5, 0.6) is 0 Å². The molecule has 0 saturated heterocycles. The van der Waals surface area contributed by atoms with Gasteiger partial charge < -0.3 is 5.32 Å². The van der Waals surface area contributed by atoms with Gasteiger partial charge in [-0.3, -0.25) is 14.9 Å². The van der Waals surface area contributed by atoms with Crippen molar-refractivity contribution in [2.24, 2.45) is 5.41 Å². The molecule has 1 amide bonds. The van der Waals surface area contributed by atoms with Crippen molar-refractivity contribution in [3.8, 4) is 0 Å². The van der Waals surface area contributed by atoms with Crippen LogP contribution in [0.15, 0.2) is 18.2 Å². The Hall–Kier alpha value is -1.14. The third-order valence-electron chi connectivity index (χ3n) is 2.50. The highest BCUT2D eigenvalue weighted by atomic mass is 79.9. The summed E-state index contributed by atoms with van der Waals surface area (Å²) >= 11 is 9.22. The molecule has 0 heterocycles. The molecule has 1 aromatic rings. The number of nitro benzene ring substituents is 1.